The molecule has 7 nitrogen and oxygen atoms in total. The van der Waals surface area contributed by atoms with E-state index >= 15 is 0 Å². The molecule has 0 saturated carbocycles. The van der Waals surface area contributed by atoms with Crippen molar-refractivity contribution in [1.29, 1.82) is 0 Å². The van der Waals surface area contributed by atoms with Crippen molar-refractivity contribution >= 4 is 23.4 Å². The van der Waals surface area contributed by atoms with Gasteiger partial charge in [0.2, 0.25) is 5.43 Å². The van der Waals surface area contributed by atoms with Crippen LogP contribution in [-0.2, 0) is 13.2 Å². The van der Waals surface area contributed by atoms with E-state index in [1.807, 2.05) is 43.3 Å². The minimum atomic E-state index is -0.825. The second-order valence-electron chi connectivity index (χ2n) is 9.24. The van der Waals surface area contributed by atoms with E-state index in [4.69, 9.17) is 16.3 Å². The number of allylic oxidation sites excluding steroid dienone is 1. The first kappa shape index (κ1) is 25.7. The Hall–Kier alpha value is -3.98. The first-order valence-corrected chi connectivity index (χ1v) is 12.5. The van der Waals surface area contributed by atoms with Gasteiger partial charge >= 0.3 is 0 Å². The number of carbonyl (C=O) groups is 2. The topological polar surface area (TPSA) is 80.6 Å². The van der Waals surface area contributed by atoms with Gasteiger partial charge in [0.05, 0.1) is 11.4 Å². The number of halogens is 3. The van der Waals surface area contributed by atoms with Crippen LogP contribution in [0.5, 0.6) is 5.75 Å². The maximum absolute atomic E-state index is 14.1. The smallest absolute Gasteiger partial charge is 0.275 e. The van der Waals surface area contributed by atoms with Gasteiger partial charge < -0.3 is 19.5 Å². The fourth-order valence-electron chi connectivity index (χ4n) is 4.65. The fraction of sp³-hybridized carbons (Fsp3) is 0.250. The molecule has 196 valence electrons. The van der Waals surface area contributed by atoms with Gasteiger partial charge in [-0.1, -0.05) is 48.6 Å². The summed E-state index contributed by atoms with van der Waals surface area (Å²) in [4.78, 5) is 42.0. The number of carbonyl (C=O) groups excluding carboxylic acids is 2. The Kier molecular flexibility index (Phi) is 7.03. The number of benzene rings is 2. The van der Waals surface area contributed by atoms with E-state index in [0.717, 1.165) is 11.6 Å². The molecule has 2 aliphatic rings. The van der Waals surface area contributed by atoms with Crippen molar-refractivity contribution < 1.29 is 23.1 Å². The van der Waals surface area contributed by atoms with Gasteiger partial charge in [-0.15, -0.1) is 11.6 Å². The summed E-state index contributed by atoms with van der Waals surface area (Å²) in [5.74, 6) is -3.03. The first-order chi connectivity index (χ1) is 18.2. The molecule has 0 radical (unpaired) electrons. The van der Waals surface area contributed by atoms with Crippen molar-refractivity contribution in [2.24, 2.45) is 0 Å². The Morgan fingerprint density at radius 3 is 2.63 bits per heavy atom. The van der Waals surface area contributed by atoms with Crippen LogP contribution in [0.2, 0.25) is 0 Å². The molecule has 2 aliphatic heterocycles. The third kappa shape index (κ3) is 4.81. The molecule has 2 bridgehead atoms. The van der Waals surface area contributed by atoms with Crippen LogP contribution in [0, 0.1) is 11.6 Å². The Morgan fingerprint density at radius 2 is 1.89 bits per heavy atom. The summed E-state index contributed by atoms with van der Waals surface area (Å²) < 4.78 is 34.8. The van der Waals surface area contributed by atoms with E-state index in [1.54, 1.807) is 11.0 Å². The molecule has 2 aromatic carbocycles. The summed E-state index contributed by atoms with van der Waals surface area (Å²) in [7, 11) is 0. The highest BCUT2D eigenvalue weighted by atomic mass is 35.5. The van der Waals surface area contributed by atoms with E-state index < -0.39 is 40.3 Å². The highest BCUT2D eigenvalue weighted by molar-refractivity contribution is 6.22. The van der Waals surface area contributed by atoms with Crippen LogP contribution >= 0.6 is 11.6 Å². The highest BCUT2D eigenvalue weighted by Crippen LogP contribution is 2.34. The van der Waals surface area contributed by atoms with Gasteiger partial charge in [-0.3, -0.25) is 14.4 Å². The van der Waals surface area contributed by atoms with E-state index in [2.05, 4.69) is 5.32 Å². The van der Waals surface area contributed by atoms with Crippen molar-refractivity contribution in [3.8, 4) is 5.75 Å². The second-order valence-corrected chi connectivity index (χ2v) is 9.75. The van der Waals surface area contributed by atoms with E-state index in [1.165, 1.54) is 16.8 Å². The van der Waals surface area contributed by atoms with Gasteiger partial charge in [0.1, 0.15) is 23.8 Å². The summed E-state index contributed by atoms with van der Waals surface area (Å²) in [6.07, 6.45) is 4.93. The zero-order valence-corrected chi connectivity index (χ0v) is 21.1. The zero-order chi connectivity index (χ0) is 27.0. The number of ether oxygens (including phenoxy) is 1. The molecule has 0 spiro atoms. The molecule has 0 aliphatic carbocycles. The van der Waals surface area contributed by atoms with E-state index in [9.17, 15) is 23.2 Å². The molecule has 1 aromatic heterocycles. The molecule has 3 atom stereocenters. The van der Waals surface area contributed by atoms with Gasteiger partial charge in [-0.25, -0.2) is 8.78 Å². The summed E-state index contributed by atoms with van der Waals surface area (Å²) in [5, 5.41) is 1.98. The fourth-order valence-corrected chi connectivity index (χ4v) is 4.94. The number of rotatable bonds is 6. The van der Waals surface area contributed by atoms with Crippen LogP contribution in [0.15, 0.2) is 71.7 Å². The Morgan fingerprint density at radius 1 is 1.13 bits per heavy atom. The molecule has 0 fully saturated rings. The first-order valence-electron chi connectivity index (χ1n) is 12.1. The Labute approximate surface area is 222 Å². The molecule has 0 saturated heterocycles. The number of hydrogen-bond acceptors (Lipinski definition) is 4. The molecule has 5 rings (SSSR count). The average molecular weight is 540 g/mol. The largest absolute Gasteiger partial charge is 0.483 e. The van der Waals surface area contributed by atoms with Crippen molar-refractivity contribution in [2.45, 2.75) is 37.5 Å². The molecule has 10 heteroatoms. The number of alkyl halides is 1. The molecular formula is C28H24ClF2N3O4. The van der Waals surface area contributed by atoms with Crippen molar-refractivity contribution in [3.05, 3.63) is 111 Å². The van der Waals surface area contributed by atoms with E-state index in [0.29, 0.717) is 6.07 Å². The van der Waals surface area contributed by atoms with Gasteiger partial charge in [0.25, 0.3) is 11.8 Å². The van der Waals surface area contributed by atoms with Crippen molar-refractivity contribution in [3.63, 3.8) is 0 Å². The number of nitrogens with zero attached hydrogens (tertiary/aromatic N) is 2. The number of amides is 2. The monoisotopic (exact) mass is 539 g/mol. The number of nitrogens with one attached hydrogen (secondary N) is 1. The van der Waals surface area contributed by atoms with Crippen LogP contribution in [0.3, 0.4) is 0 Å². The predicted octanol–water partition coefficient (Wildman–Crippen LogP) is 4.20. The normalized spacial score (nSPS) is 20.1. The summed E-state index contributed by atoms with van der Waals surface area (Å²) in [6, 6.07) is 11.4. The molecule has 1 N–H and O–H groups in total. The van der Waals surface area contributed by atoms with Gasteiger partial charge in [0.15, 0.2) is 11.4 Å². The van der Waals surface area contributed by atoms with Crippen LogP contribution in [-0.4, -0.2) is 39.2 Å². The van der Waals surface area contributed by atoms with Crippen LogP contribution in [0.1, 0.15) is 44.9 Å². The lowest BCUT2D eigenvalue weighted by molar-refractivity contribution is 0.0628. The minimum Gasteiger partial charge on any atom is -0.483 e. The molecule has 3 heterocycles. The number of fused-ring (bicyclic) bond motifs is 4. The number of hydrogen-bond donors (Lipinski definition) is 1. The lowest BCUT2D eigenvalue weighted by Crippen LogP contribution is -2.49. The van der Waals surface area contributed by atoms with E-state index in [-0.39, 0.29) is 48.3 Å². The summed E-state index contributed by atoms with van der Waals surface area (Å²) in [6.45, 7) is 1.85. The zero-order valence-electron chi connectivity index (χ0n) is 20.4. The molecular weight excluding hydrogens is 516 g/mol. The SMILES string of the molecule is C[C@H]1C=C[C@@H](Cl)C2CN1C(=O)c1c(OCc3ccccc3)c(=O)c(C(=O)NCc3ccc(F)cc3F)cn12. The Bertz CT molecular complexity index is 1490. The maximum Gasteiger partial charge on any atom is 0.275 e. The summed E-state index contributed by atoms with van der Waals surface area (Å²) >= 11 is 6.66. The summed E-state index contributed by atoms with van der Waals surface area (Å²) in [5.41, 5.74) is -0.231. The molecule has 38 heavy (non-hydrogen) atoms. The van der Waals surface area contributed by atoms with Gasteiger partial charge in [-0.2, -0.15) is 0 Å². The van der Waals surface area contributed by atoms with Crippen molar-refractivity contribution in [2.75, 3.05) is 6.54 Å². The van der Waals surface area contributed by atoms with Crippen LogP contribution in [0.4, 0.5) is 8.78 Å². The van der Waals surface area contributed by atoms with Crippen LogP contribution in [0.25, 0.3) is 0 Å². The standard InChI is InChI=1S/C28H24ClF2N3O4/c1-16-7-10-21(29)23-14-33(16)28(37)24-26(38-15-17-5-3-2-4-6-17)25(35)20(13-34(23)24)27(36)32-12-18-8-9-19(30)11-22(18)31/h2-11,13,16,21,23H,12,14-15H2,1H3,(H,32,36)/t16-,21+,23?/m0/s1. The lowest BCUT2D eigenvalue weighted by atomic mass is 10.0. The molecule has 3 aromatic rings. The third-order valence-electron chi connectivity index (χ3n) is 6.75. The lowest BCUT2D eigenvalue weighted by Gasteiger charge is -2.38. The molecule has 1 unspecified atom stereocenters. The molecule has 2 amide bonds. The highest BCUT2D eigenvalue weighted by Gasteiger charge is 2.41. The van der Waals surface area contributed by atoms with Crippen LogP contribution < -0.4 is 15.5 Å². The third-order valence-corrected chi connectivity index (χ3v) is 7.19. The maximum atomic E-state index is 14.1. The van der Waals surface area contributed by atoms with Gasteiger partial charge in [0, 0.05) is 37.0 Å². The minimum absolute atomic E-state index is 0.00893. The van der Waals surface area contributed by atoms with Gasteiger partial charge in [-0.05, 0) is 18.6 Å². The van der Waals surface area contributed by atoms with Crippen molar-refractivity contribution in [1.82, 2.24) is 14.8 Å². The number of aromatic nitrogens is 1. The number of pyridine rings is 1. The predicted molar refractivity (Wildman–Crippen MR) is 137 cm³/mol. The quantitative estimate of drug-likeness (QED) is 0.376. The second kappa shape index (κ2) is 10.4. The average Bonchev–Trinajstić information content (AvgIpc) is 3.03. The Balaban J connectivity index is 1.56.